The van der Waals surface area contributed by atoms with Gasteiger partial charge in [0.15, 0.2) is 11.5 Å². The number of amides is 2. The van der Waals surface area contributed by atoms with Crippen LogP contribution in [0.4, 0.5) is 5.69 Å². The maximum Gasteiger partial charge on any atom is 0.245 e. The van der Waals surface area contributed by atoms with E-state index in [0.717, 1.165) is 0 Å². The molecule has 1 saturated heterocycles. The number of benzene rings is 2. The van der Waals surface area contributed by atoms with Crippen molar-refractivity contribution in [1.82, 2.24) is 5.43 Å². The van der Waals surface area contributed by atoms with Crippen LogP contribution in [0.15, 0.2) is 47.6 Å². The third kappa shape index (κ3) is 4.20. The molecule has 1 heterocycles. The highest BCUT2D eigenvalue weighted by molar-refractivity contribution is 6.30. The number of hydrogen-bond acceptors (Lipinski definition) is 5. The Kier molecular flexibility index (Phi) is 5.61. The number of hydrazone groups is 1. The van der Waals surface area contributed by atoms with Crippen LogP contribution in [0.1, 0.15) is 12.0 Å². The molecule has 2 amide bonds. The standard InChI is InChI=1S/C19H18ClN3O4/c1-27-16-4-2-3-12(18(16)25)10-21-22-19(26)13-9-17(24)23(11-13)15-7-5-14(20)6-8-15/h2-8,10,13,25H,9,11H2,1H3,(H,22,26)/b21-10-/t13-/m1/s1. The van der Waals surface area contributed by atoms with Crippen molar-refractivity contribution in [3.63, 3.8) is 0 Å². The van der Waals surface area contributed by atoms with Gasteiger partial charge < -0.3 is 14.7 Å². The molecule has 0 unspecified atom stereocenters. The van der Waals surface area contributed by atoms with Crippen LogP contribution in [-0.2, 0) is 9.59 Å². The van der Waals surface area contributed by atoms with Crippen molar-refractivity contribution in [2.24, 2.45) is 11.0 Å². The first-order valence-corrected chi connectivity index (χ1v) is 8.62. The van der Waals surface area contributed by atoms with Crippen LogP contribution in [0.2, 0.25) is 5.02 Å². The Morgan fingerprint density at radius 2 is 2.07 bits per heavy atom. The van der Waals surface area contributed by atoms with Crippen molar-refractivity contribution < 1.29 is 19.4 Å². The summed E-state index contributed by atoms with van der Waals surface area (Å²) in [4.78, 5) is 26.1. The van der Waals surface area contributed by atoms with Crippen molar-refractivity contribution in [3.8, 4) is 11.5 Å². The van der Waals surface area contributed by atoms with Gasteiger partial charge in [0.25, 0.3) is 0 Å². The average Bonchev–Trinajstić information content (AvgIpc) is 3.05. The summed E-state index contributed by atoms with van der Waals surface area (Å²) in [5.41, 5.74) is 3.52. The first-order chi connectivity index (χ1) is 13.0. The number of phenols is 1. The summed E-state index contributed by atoms with van der Waals surface area (Å²) in [7, 11) is 1.45. The minimum absolute atomic E-state index is 0.0667. The van der Waals surface area contributed by atoms with E-state index in [0.29, 0.717) is 22.0 Å². The van der Waals surface area contributed by atoms with Crippen molar-refractivity contribution in [1.29, 1.82) is 0 Å². The summed E-state index contributed by atoms with van der Waals surface area (Å²) < 4.78 is 5.02. The zero-order chi connectivity index (χ0) is 19.4. The molecular formula is C19H18ClN3O4. The van der Waals surface area contributed by atoms with Gasteiger partial charge in [-0.1, -0.05) is 17.7 Å². The minimum atomic E-state index is -0.510. The van der Waals surface area contributed by atoms with E-state index in [9.17, 15) is 14.7 Å². The van der Waals surface area contributed by atoms with Crippen LogP contribution in [0.25, 0.3) is 0 Å². The molecule has 1 fully saturated rings. The van der Waals surface area contributed by atoms with E-state index in [1.165, 1.54) is 13.3 Å². The Morgan fingerprint density at radius 3 is 2.78 bits per heavy atom. The first-order valence-electron chi connectivity index (χ1n) is 8.24. The molecule has 1 aliphatic heterocycles. The molecule has 140 valence electrons. The average molecular weight is 388 g/mol. The Balaban J connectivity index is 1.62. The number of halogens is 1. The topological polar surface area (TPSA) is 91.2 Å². The number of phenolic OH excluding ortho intramolecular Hbond substituents is 1. The fraction of sp³-hybridized carbons (Fsp3) is 0.211. The van der Waals surface area contributed by atoms with Gasteiger partial charge in [0.2, 0.25) is 11.8 Å². The molecule has 2 aromatic rings. The van der Waals surface area contributed by atoms with Crippen LogP contribution in [0, 0.1) is 5.92 Å². The Hall–Kier alpha value is -3.06. The lowest BCUT2D eigenvalue weighted by Gasteiger charge is -2.16. The van der Waals surface area contributed by atoms with Gasteiger partial charge in [-0.25, -0.2) is 5.43 Å². The molecule has 0 bridgehead atoms. The first kappa shape index (κ1) is 18.7. The Bertz CT molecular complexity index is 883. The van der Waals surface area contributed by atoms with E-state index in [1.54, 1.807) is 47.4 Å². The molecule has 2 aromatic carbocycles. The lowest BCUT2D eigenvalue weighted by Crippen LogP contribution is -2.30. The normalized spacial score (nSPS) is 16.7. The van der Waals surface area contributed by atoms with E-state index in [4.69, 9.17) is 16.3 Å². The van der Waals surface area contributed by atoms with E-state index < -0.39 is 5.92 Å². The number of carbonyl (C=O) groups excluding carboxylic acids is 2. The largest absolute Gasteiger partial charge is 0.504 e. The smallest absolute Gasteiger partial charge is 0.245 e. The monoisotopic (exact) mass is 387 g/mol. The molecule has 2 N–H and O–H groups in total. The molecule has 7 nitrogen and oxygen atoms in total. The Labute approximate surface area is 161 Å². The number of nitrogens with zero attached hydrogens (tertiary/aromatic N) is 2. The van der Waals surface area contributed by atoms with Crippen LogP contribution >= 0.6 is 11.6 Å². The summed E-state index contributed by atoms with van der Waals surface area (Å²) >= 11 is 5.86. The number of hydrogen-bond donors (Lipinski definition) is 2. The molecule has 0 aromatic heterocycles. The number of methoxy groups -OCH3 is 1. The zero-order valence-electron chi connectivity index (χ0n) is 14.6. The molecule has 0 aliphatic carbocycles. The minimum Gasteiger partial charge on any atom is -0.504 e. The molecule has 3 rings (SSSR count). The lowest BCUT2D eigenvalue weighted by atomic mass is 10.1. The number of anilines is 1. The number of nitrogens with one attached hydrogen (secondary N) is 1. The molecule has 8 heteroatoms. The van der Waals surface area contributed by atoms with Gasteiger partial charge in [-0.3, -0.25) is 9.59 Å². The van der Waals surface area contributed by atoms with Crippen molar-refractivity contribution >= 4 is 35.3 Å². The SMILES string of the molecule is COc1cccc(/C=N\NC(=O)[C@@H]2CC(=O)N(c3ccc(Cl)cc3)C2)c1O. The predicted molar refractivity (Wildman–Crippen MR) is 102 cm³/mol. The summed E-state index contributed by atoms with van der Waals surface area (Å²) in [5.74, 6) is -0.761. The van der Waals surface area contributed by atoms with Crippen molar-refractivity contribution in [2.75, 3.05) is 18.6 Å². The van der Waals surface area contributed by atoms with Gasteiger partial charge >= 0.3 is 0 Å². The predicted octanol–water partition coefficient (Wildman–Crippen LogP) is 2.56. The second kappa shape index (κ2) is 8.09. The molecule has 0 radical (unpaired) electrons. The van der Waals surface area contributed by atoms with Gasteiger partial charge in [-0.05, 0) is 36.4 Å². The van der Waals surface area contributed by atoms with Gasteiger partial charge in [0.1, 0.15) is 0 Å². The molecule has 1 aliphatic rings. The molecular weight excluding hydrogens is 370 g/mol. The van der Waals surface area contributed by atoms with Crippen LogP contribution in [0.5, 0.6) is 11.5 Å². The van der Waals surface area contributed by atoms with Gasteiger partial charge in [0.05, 0.1) is 19.2 Å². The number of aromatic hydroxyl groups is 1. The van der Waals surface area contributed by atoms with Crippen LogP contribution in [0.3, 0.4) is 0 Å². The van der Waals surface area contributed by atoms with Crippen LogP contribution < -0.4 is 15.1 Å². The molecule has 1 atom stereocenters. The number of para-hydroxylation sites is 1. The number of carbonyl (C=O) groups is 2. The summed E-state index contributed by atoms with van der Waals surface area (Å²) in [5, 5.41) is 14.4. The van der Waals surface area contributed by atoms with Gasteiger partial charge in [-0.15, -0.1) is 0 Å². The molecule has 0 saturated carbocycles. The van der Waals surface area contributed by atoms with E-state index in [1.807, 2.05) is 0 Å². The summed E-state index contributed by atoms with van der Waals surface area (Å²) in [6, 6.07) is 11.8. The maximum atomic E-state index is 12.3. The van der Waals surface area contributed by atoms with Crippen LogP contribution in [-0.4, -0.2) is 36.8 Å². The fourth-order valence-corrected chi connectivity index (χ4v) is 2.94. The quantitative estimate of drug-likeness (QED) is 0.609. The highest BCUT2D eigenvalue weighted by atomic mass is 35.5. The third-order valence-corrected chi connectivity index (χ3v) is 4.51. The van der Waals surface area contributed by atoms with E-state index in [2.05, 4.69) is 10.5 Å². The third-order valence-electron chi connectivity index (χ3n) is 4.26. The lowest BCUT2D eigenvalue weighted by molar-refractivity contribution is -0.126. The Morgan fingerprint density at radius 1 is 1.33 bits per heavy atom. The fourth-order valence-electron chi connectivity index (χ4n) is 2.82. The molecule has 0 spiro atoms. The zero-order valence-corrected chi connectivity index (χ0v) is 15.3. The summed E-state index contributed by atoms with van der Waals surface area (Å²) in [6.07, 6.45) is 1.43. The van der Waals surface area contributed by atoms with Crippen molar-refractivity contribution in [2.45, 2.75) is 6.42 Å². The number of rotatable bonds is 5. The van der Waals surface area contributed by atoms with E-state index in [-0.39, 0.29) is 30.5 Å². The number of ether oxygens (including phenoxy) is 1. The summed E-state index contributed by atoms with van der Waals surface area (Å²) in [6.45, 7) is 0.270. The maximum absolute atomic E-state index is 12.3. The second-order valence-corrected chi connectivity index (χ2v) is 6.45. The van der Waals surface area contributed by atoms with Crippen molar-refractivity contribution in [3.05, 3.63) is 53.1 Å². The second-order valence-electron chi connectivity index (χ2n) is 6.01. The highest BCUT2D eigenvalue weighted by Gasteiger charge is 2.35. The van der Waals surface area contributed by atoms with Gasteiger partial charge in [0, 0.05) is 29.2 Å². The van der Waals surface area contributed by atoms with E-state index >= 15 is 0 Å². The molecule has 27 heavy (non-hydrogen) atoms. The highest BCUT2D eigenvalue weighted by Crippen LogP contribution is 2.28. The van der Waals surface area contributed by atoms with Gasteiger partial charge in [-0.2, -0.15) is 5.10 Å².